The number of hydrogen-bond donors (Lipinski definition) is 1. The molecule has 0 aromatic carbocycles. The summed E-state index contributed by atoms with van der Waals surface area (Å²) in [6, 6.07) is 2.80. The summed E-state index contributed by atoms with van der Waals surface area (Å²) in [7, 11) is 4.14. The van der Waals surface area contributed by atoms with Gasteiger partial charge in [-0.1, -0.05) is 0 Å². The van der Waals surface area contributed by atoms with Crippen LogP contribution in [-0.4, -0.2) is 54.6 Å². The molecule has 2 unspecified atom stereocenters. The van der Waals surface area contributed by atoms with Gasteiger partial charge < -0.3 is 15.1 Å². The van der Waals surface area contributed by atoms with Gasteiger partial charge in [0.2, 0.25) is 5.95 Å². The minimum absolute atomic E-state index is 0.709. The van der Waals surface area contributed by atoms with Gasteiger partial charge in [0.05, 0.1) is 0 Å². The van der Waals surface area contributed by atoms with Gasteiger partial charge in [0.1, 0.15) is 5.82 Å². The minimum Gasteiger partial charge on any atom is -0.357 e. The first-order chi connectivity index (χ1) is 9.28. The number of nitrogens with zero attached hydrogens (tertiary/aromatic N) is 4. The van der Waals surface area contributed by atoms with Crippen LogP contribution in [0.1, 0.15) is 19.3 Å². The lowest BCUT2D eigenvalue weighted by Crippen LogP contribution is -2.52. The van der Waals surface area contributed by atoms with Crippen molar-refractivity contribution in [3.63, 3.8) is 0 Å². The molecular weight excluding hydrogens is 238 g/mol. The van der Waals surface area contributed by atoms with Gasteiger partial charge in [0, 0.05) is 32.4 Å². The molecule has 0 spiro atoms. The zero-order chi connectivity index (χ0) is 13.2. The first-order valence-corrected chi connectivity index (χ1v) is 7.24. The summed E-state index contributed by atoms with van der Waals surface area (Å²) in [5, 5.41) is 3.01. The van der Waals surface area contributed by atoms with Gasteiger partial charge in [-0.05, 0) is 44.8 Å². The van der Waals surface area contributed by atoms with E-state index < -0.39 is 0 Å². The Labute approximate surface area is 115 Å². The molecule has 3 rings (SSSR count). The second kappa shape index (κ2) is 5.33. The molecular formula is C14H23N5. The van der Waals surface area contributed by atoms with Crippen molar-refractivity contribution >= 4 is 11.8 Å². The minimum atomic E-state index is 0.709. The van der Waals surface area contributed by atoms with Crippen LogP contribution in [0.4, 0.5) is 11.8 Å². The molecule has 19 heavy (non-hydrogen) atoms. The average molecular weight is 261 g/mol. The summed E-state index contributed by atoms with van der Waals surface area (Å²) in [5.41, 5.74) is 0. The fraction of sp³-hybridized carbons (Fsp3) is 0.714. The summed E-state index contributed by atoms with van der Waals surface area (Å²) in [5.74, 6) is 2.56. The van der Waals surface area contributed by atoms with E-state index in [4.69, 9.17) is 0 Å². The standard InChI is InChI=1S/C14H23N5/c1-15-14-16-7-5-13(17-14)19-9-6-12-11(10-19)4-3-8-18(12)2/h5,7,11-12H,3-4,6,8-10H2,1-2H3,(H,15,16,17). The molecule has 2 fully saturated rings. The molecule has 0 aliphatic carbocycles. The second-order valence-corrected chi connectivity index (χ2v) is 5.67. The van der Waals surface area contributed by atoms with E-state index in [1.165, 1.54) is 25.8 Å². The first kappa shape index (κ1) is 12.7. The van der Waals surface area contributed by atoms with Crippen molar-refractivity contribution in [3.05, 3.63) is 12.3 Å². The highest BCUT2D eigenvalue weighted by Gasteiger charge is 2.34. The zero-order valence-electron chi connectivity index (χ0n) is 11.8. The smallest absolute Gasteiger partial charge is 0.224 e. The van der Waals surface area contributed by atoms with Crippen LogP contribution in [0, 0.1) is 5.92 Å². The Kier molecular flexibility index (Phi) is 3.55. The number of hydrogen-bond acceptors (Lipinski definition) is 5. The van der Waals surface area contributed by atoms with Crippen molar-refractivity contribution in [1.82, 2.24) is 14.9 Å². The molecule has 0 bridgehead atoms. The van der Waals surface area contributed by atoms with Crippen molar-refractivity contribution in [1.29, 1.82) is 0 Å². The number of nitrogens with one attached hydrogen (secondary N) is 1. The van der Waals surface area contributed by atoms with Gasteiger partial charge in [-0.15, -0.1) is 0 Å². The number of anilines is 2. The van der Waals surface area contributed by atoms with Gasteiger partial charge in [0.15, 0.2) is 0 Å². The van der Waals surface area contributed by atoms with Crippen LogP contribution in [0.25, 0.3) is 0 Å². The van der Waals surface area contributed by atoms with Crippen LogP contribution in [0.2, 0.25) is 0 Å². The van der Waals surface area contributed by atoms with Gasteiger partial charge in [0.25, 0.3) is 0 Å². The van der Waals surface area contributed by atoms with E-state index in [1.807, 2.05) is 19.3 Å². The molecule has 5 heteroatoms. The maximum Gasteiger partial charge on any atom is 0.224 e. The van der Waals surface area contributed by atoms with Crippen molar-refractivity contribution < 1.29 is 0 Å². The Morgan fingerprint density at radius 1 is 1.32 bits per heavy atom. The number of aromatic nitrogens is 2. The number of likely N-dealkylation sites (tertiary alicyclic amines) is 1. The molecule has 1 N–H and O–H groups in total. The summed E-state index contributed by atoms with van der Waals surface area (Å²) < 4.78 is 0. The number of fused-ring (bicyclic) bond motifs is 1. The third-order valence-electron chi connectivity index (χ3n) is 4.53. The van der Waals surface area contributed by atoms with Crippen molar-refractivity contribution in [3.8, 4) is 0 Å². The molecule has 0 saturated carbocycles. The van der Waals surface area contributed by atoms with Gasteiger partial charge in [-0.3, -0.25) is 0 Å². The van der Waals surface area contributed by atoms with E-state index in [1.54, 1.807) is 0 Å². The van der Waals surface area contributed by atoms with Crippen molar-refractivity contribution in [2.24, 2.45) is 5.92 Å². The lowest BCUT2D eigenvalue weighted by atomic mass is 9.84. The Morgan fingerprint density at radius 3 is 3.05 bits per heavy atom. The van der Waals surface area contributed by atoms with Gasteiger partial charge in [-0.25, -0.2) is 4.98 Å². The van der Waals surface area contributed by atoms with Crippen molar-refractivity contribution in [2.75, 3.05) is 43.9 Å². The molecule has 0 amide bonds. The normalized spacial score (nSPS) is 28.0. The molecule has 1 aromatic heterocycles. The number of rotatable bonds is 2. The summed E-state index contributed by atoms with van der Waals surface area (Å²) >= 11 is 0. The predicted molar refractivity (Wildman–Crippen MR) is 77.6 cm³/mol. The van der Waals surface area contributed by atoms with E-state index in [0.29, 0.717) is 5.95 Å². The van der Waals surface area contributed by atoms with Crippen LogP contribution in [-0.2, 0) is 0 Å². The molecule has 2 aliphatic rings. The van der Waals surface area contributed by atoms with Gasteiger partial charge >= 0.3 is 0 Å². The molecule has 2 aliphatic heterocycles. The second-order valence-electron chi connectivity index (χ2n) is 5.67. The largest absolute Gasteiger partial charge is 0.357 e. The third-order valence-corrected chi connectivity index (χ3v) is 4.53. The van der Waals surface area contributed by atoms with Crippen LogP contribution in [0.3, 0.4) is 0 Å². The maximum absolute atomic E-state index is 4.56. The van der Waals surface area contributed by atoms with Crippen LogP contribution >= 0.6 is 0 Å². The van der Waals surface area contributed by atoms with Gasteiger partial charge in [-0.2, -0.15) is 4.98 Å². The maximum atomic E-state index is 4.56. The fourth-order valence-corrected chi connectivity index (χ4v) is 3.51. The zero-order valence-corrected chi connectivity index (χ0v) is 11.8. The molecule has 2 saturated heterocycles. The average Bonchev–Trinajstić information content (AvgIpc) is 2.47. The highest BCUT2D eigenvalue weighted by molar-refractivity contribution is 5.43. The monoisotopic (exact) mass is 261 g/mol. The Balaban J connectivity index is 1.73. The third kappa shape index (κ3) is 2.52. The van der Waals surface area contributed by atoms with E-state index in [9.17, 15) is 0 Å². The lowest BCUT2D eigenvalue weighted by Gasteiger charge is -2.46. The highest BCUT2D eigenvalue weighted by Crippen LogP contribution is 2.31. The van der Waals surface area contributed by atoms with Crippen molar-refractivity contribution in [2.45, 2.75) is 25.3 Å². The summed E-state index contributed by atoms with van der Waals surface area (Å²) in [6.45, 7) is 3.50. The lowest BCUT2D eigenvalue weighted by molar-refractivity contribution is 0.102. The Hall–Kier alpha value is -1.36. The molecule has 1 aromatic rings. The molecule has 0 radical (unpaired) electrons. The Morgan fingerprint density at radius 2 is 2.21 bits per heavy atom. The molecule has 3 heterocycles. The molecule has 2 atom stereocenters. The Bertz CT molecular complexity index is 436. The topological polar surface area (TPSA) is 44.3 Å². The SMILES string of the molecule is CNc1nccc(N2CCC3C(CCCN3C)C2)n1. The van der Waals surface area contributed by atoms with E-state index in [2.05, 4.69) is 32.1 Å². The van der Waals surface area contributed by atoms with Crippen LogP contribution in [0.15, 0.2) is 12.3 Å². The quantitative estimate of drug-likeness (QED) is 0.872. The summed E-state index contributed by atoms with van der Waals surface area (Å²) in [4.78, 5) is 13.7. The van der Waals surface area contributed by atoms with E-state index >= 15 is 0 Å². The predicted octanol–water partition coefficient (Wildman–Crippen LogP) is 1.44. The van der Waals surface area contributed by atoms with E-state index in [-0.39, 0.29) is 0 Å². The molecule has 5 nitrogen and oxygen atoms in total. The van der Waals surface area contributed by atoms with E-state index in [0.717, 1.165) is 30.9 Å². The fourth-order valence-electron chi connectivity index (χ4n) is 3.51. The van der Waals surface area contributed by atoms with Crippen LogP contribution in [0.5, 0.6) is 0 Å². The molecule has 104 valence electrons. The first-order valence-electron chi connectivity index (χ1n) is 7.24. The van der Waals surface area contributed by atoms with Crippen LogP contribution < -0.4 is 10.2 Å². The number of piperidine rings is 2. The summed E-state index contributed by atoms with van der Waals surface area (Å²) in [6.07, 6.45) is 5.78. The highest BCUT2D eigenvalue weighted by atomic mass is 15.3.